The second-order valence-corrected chi connectivity index (χ2v) is 5.52. The third kappa shape index (κ3) is 4.01. The van der Waals surface area contributed by atoms with E-state index in [0.717, 1.165) is 12.3 Å². The van der Waals surface area contributed by atoms with E-state index >= 15 is 0 Å². The van der Waals surface area contributed by atoms with Crippen LogP contribution in [0.1, 0.15) is 11.3 Å². The summed E-state index contributed by atoms with van der Waals surface area (Å²) in [5.74, 6) is 0.373. The fourth-order valence-corrected chi connectivity index (χ4v) is 2.55. The number of pyridine rings is 2. The number of hydrogen-bond donors (Lipinski definition) is 0. The van der Waals surface area contributed by atoms with Crippen LogP contribution in [0.15, 0.2) is 35.5 Å². The van der Waals surface area contributed by atoms with Crippen LogP contribution in [0.4, 0.5) is 13.2 Å². The summed E-state index contributed by atoms with van der Waals surface area (Å²) in [5.41, 5.74) is -0.216. The van der Waals surface area contributed by atoms with Crippen LogP contribution in [0, 0.1) is 0 Å². The van der Waals surface area contributed by atoms with Gasteiger partial charge in [0.1, 0.15) is 5.15 Å². The first-order valence-electron chi connectivity index (χ1n) is 5.33. The van der Waals surface area contributed by atoms with Crippen LogP contribution in [-0.2, 0) is 11.9 Å². The summed E-state index contributed by atoms with van der Waals surface area (Å²) < 4.78 is 37.1. The van der Waals surface area contributed by atoms with Crippen molar-refractivity contribution in [1.29, 1.82) is 0 Å². The van der Waals surface area contributed by atoms with E-state index in [2.05, 4.69) is 9.97 Å². The fraction of sp³-hybridized carbons (Fsp3) is 0.167. The SMILES string of the molecule is FC(F)(F)c1ccc(SCc2nc(Cl)ccc2Cl)nc1. The molecule has 0 saturated carbocycles. The van der Waals surface area contributed by atoms with Crippen molar-refractivity contribution in [1.82, 2.24) is 9.97 Å². The smallest absolute Gasteiger partial charge is 0.249 e. The van der Waals surface area contributed by atoms with Gasteiger partial charge in [0.2, 0.25) is 0 Å². The Kier molecular flexibility index (Phi) is 4.78. The maximum absolute atomic E-state index is 12.4. The van der Waals surface area contributed by atoms with E-state index in [-0.39, 0.29) is 0 Å². The summed E-state index contributed by atoms with van der Waals surface area (Å²) in [7, 11) is 0. The van der Waals surface area contributed by atoms with Crippen LogP contribution < -0.4 is 0 Å². The number of alkyl halides is 3. The average Bonchev–Trinajstić information content (AvgIpc) is 2.39. The zero-order valence-corrected chi connectivity index (χ0v) is 12.1. The first-order chi connectivity index (χ1) is 9.36. The molecule has 0 aliphatic carbocycles. The highest BCUT2D eigenvalue weighted by atomic mass is 35.5. The maximum Gasteiger partial charge on any atom is 0.417 e. The topological polar surface area (TPSA) is 25.8 Å². The predicted molar refractivity (Wildman–Crippen MR) is 73.1 cm³/mol. The molecule has 0 radical (unpaired) electrons. The molecule has 0 N–H and O–H groups in total. The van der Waals surface area contributed by atoms with Gasteiger partial charge in [0.15, 0.2) is 0 Å². The van der Waals surface area contributed by atoms with Crippen molar-refractivity contribution in [2.75, 3.05) is 0 Å². The van der Waals surface area contributed by atoms with Gasteiger partial charge in [-0.3, -0.25) is 0 Å². The van der Waals surface area contributed by atoms with Crippen LogP contribution in [0.5, 0.6) is 0 Å². The zero-order chi connectivity index (χ0) is 14.8. The lowest BCUT2D eigenvalue weighted by Gasteiger charge is -2.07. The summed E-state index contributed by atoms with van der Waals surface area (Å²) in [4.78, 5) is 7.80. The lowest BCUT2D eigenvalue weighted by Crippen LogP contribution is -2.05. The lowest BCUT2D eigenvalue weighted by molar-refractivity contribution is -0.137. The Morgan fingerprint density at radius 3 is 2.45 bits per heavy atom. The van der Waals surface area contributed by atoms with Gasteiger partial charge in [0.25, 0.3) is 0 Å². The fourth-order valence-electron chi connectivity index (χ4n) is 1.33. The second kappa shape index (κ2) is 6.20. The molecular weight excluding hydrogens is 332 g/mol. The Labute approximate surface area is 127 Å². The molecule has 0 amide bonds. The standard InChI is InChI=1S/C12H7Cl2F3N2S/c13-8-2-3-10(14)19-9(8)6-20-11-4-1-7(5-18-11)12(15,16)17/h1-5H,6H2. The molecule has 0 atom stereocenters. The third-order valence-corrected chi connectivity index (χ3v) is 3.81. The quantitative estimate of drug-likeness (QED) is 0.575. The van der Waals surface area contributed by atoms with E-state index in [1.165, 1.54) is 17.8 Å². The average molecular weight is 339 g/mol. The molecule has 0 bridgehead atoms. The van der Waals surface area contributed by atoms with Crippen LogP contribution in [-0.4, -0.2) is 9.97 Å². The predicted octanol–water partition coefficient (Wildman–Crippen LogP) is 5.09. The van der Waals surface area contributed by atoms with E-state index in [1.807, 2.05) is 0 Å². The minimum atomic E-state index is -4.38. The highest BCUT2D eigenvalue weighted by molar-refractivity contribution is 7.98. The monoisotopic (exact) mass is 338 g/mol. The van der Waals surface area contributed by atoms with Crippen LogP contribution in [0.3, 0.4) is 0 Å². The van der Waals surface area contributed by atoms with Gasteiger partial charge in [-0.2, -0.15) is 13.2 Å². The second-order valence-electron chi connectivity index (χ2n) is 3.73. The van der Waals surface area contributed by atoms with E-state index in [4.69, 9.17) is 23.2 Å². The van der Waals surface area contributed by atoms with Gasteiger partial charge in [0.05, 0.1) is 21.3 Å². The Morgan fingerprint density at radius 1 is 1.10 bits per heavy atom. The Hall–Kier alpha value is -0.980. The van der Waals surface area contributed by atoms with Crippen LogP contribution in [0.25, 0.3) is 0 Å². The van der Waals surface area contributed by atoms with Gasteiger partial charge in [-0.1, -0.05) is 35.0 Å². The van der Waals surface area contributed by atoms with E-state index in [1.54, 1.807) is 12.1 Å². The molecule has 0 fully saturated rings. The molecule has 0 aromatic carbocycles. The van der Waals surface area contributed by atoms with Crippen LogP contribution in [0.2, 0.25) is 10.2 Å². The molecule has 20 heavy (non-hydrogen) atoms. The molecular formula is C12H7Cl2F3N2S. The number of halogens is 5. The summed E-state index contributed by atoms with van der Waals surface area (Å²) in [6.45, 7) is 0. The van der Waals surface area contributed by atoms with Crippen molar-refractivity contribution < 1.29 is 13.2 Å². The molecule has 106 valence electrons. The molecule has 8 heteroatoms. The number of nitrogens with zero attached hydrogens (tertiary/aromatic N) is 2. The summed E-state index contributed by atoms with van der Waals surface area (Å²) >= 11 is 12.9. The Bertz CT molecular complexity index is 603. The van der Waals surface area contributed by atoms with Crippen molar-refractivity contribution in [3.63, 3.8) is 0 Å². The number of thioether (sulfide) groups is 1. The summed E-state index contributed by atoms with van der Waals surface area (Å²) in [5, 5.41) is 1.22. The van der Waals surface area contributed by atoms with Crippen molar-refractivity contribution in [3.8, 4) is 0 Å². The molecule has 2 rings (SSSR count). The van der Waals surface area contributed by atoms with E-state index < -0.39 is 11.7 Å². The molecule has 0 spiro atoms. The highest BCUT2D eigenvalue weighted by Crippen LogP contribution is 2.30. The summed E-state index contributed by atoms with van der Waals surface area (Å²) in [6, 6.07) is 5.48. The van der Waals surface area contributed by atoms with Crippen molar-refractivity contribution in [2.24, 2.45) is 0 Å². The van der Waals surface area contributed by atoms with Crippen LogP contribution >= 0.6 is 35.0 Å². The molecule has 2 aromatic rings. The van der Waals surface area contributed by atoms with Gasteiger partial charge >= 0.3 is 6.18 Å². The maximum atomic E-state index is 12.4. The molecule has 0 saturated heterocycles. The molecule has 2 heterocycles. The zero-order valence-electron chi connectivity index (χ0n) is 9.79. The van der Waals surface area contributed by atoms with Crippen molar-refractivity contribution >= 4 is 35.0 Å². The number of rotatable bonds is 3. The van der Waals surface area contributed by atoms with Crippen molar-refractivity contribution in [2.45, 2.75) is 17.0 Å². The molecule has 0 aliphatic rings. The Morgan fingerprint density at radius 2 is 1.85 bits per heavy atom. The number of aromatic nitrogens is 2. The minimum absolute atomic E-state index is 0.311. The van der Waals surface area contributed by atoms with Gasteiger partial charge in [-0.15, -0.1) is 0 Å². The number of hydrogen-bond acceptors (Lipinski definition) is 3. The lowest BCUT2D eigenvalue weighted by atomic mass is 10.3. The van der Waals surface area contributed by atoms with Gasteiger partial charge in [-0.05, 0) is 24.3 Å². The third-order valence-electron chi connectivity index (χ3n) is 2.31. The van der Waals surface area contributed by atoms with Gasteiger partial charge < -0.3 is 0 Å². The molecule has 2 nitrogen and oxygen atoms in total. The Balaban J connectivity index is 2.06. The molecule has 0 unspecified atom stereocenters. The normalized spacial score (nSPS) is 11.7. The molecule has 0 aliphatic heterocycles. The summed E-state index contributed by atoms with van der Waals surface area (Å²) in [6.07, 6.45) is -3.58. The largest absolute Gasteiger partial charge is 0.417 e. The molecule has 2 aromatic heterocycles. The van der Waals surface area contributed by atoms with Gasteiger partial charge in [0, 0.05) is 11.9 Å². The first kappa shape index (κ1) is 15.4. The van der Waals surface area contributed by atoms with E-state index in [9.17, 15) is 13.2 Å². The highest BCUT2D eigenvalue weighted by Gasteiger charge is 2.30. The minimum Gasteiger partial charge on any atom is -0.249 e. The first-order valence-corrected chi connectivity index (χ1v) is 7.07. The van der Waals surface area contributed by atoms with Crippen molar-refractivity contribution in [3.05, 3.63) is 51.9 Å². The van der Waals surface area contributed by atoms with Gasteiger partial charge in [-0.25, -0.2) is 9.97 Å². The van der Waals surface area contributed by atoms with E-state index in [0.29, 0.717) is 26.6 Å².